The summed E-state index contributed by atoms with van der Waals surface area (Å²) < 4.78 is 16.7. The molecule has 2 aliphatic rings. The zero-order valence-corrected chi connectivity index (χ0v) is 20.3. The molecule has 2 aliphatic carbocycles. The number of hydrogen-bond acceptors (Lipinski definition) is 5. The molecule has 5 rings (SSSR count). The summed E-state index contributed by atoms with van der Waals surface area (Å²) >= 11 is 0. The summed E-state index contributed by atoms with van der Waals surface area (Å²) in [4.78, 5) is 46.0. The van der Waals surface area contributed by atoms with E-state index in [4.69, 9.17) is 0 Å². The number of likely N-dealkylation sites (N-methyl/N-ethyl adjacent to an activating group) is 1. The van der Waals surface area contributed by atoms with Crippen LogP contribution >= 0.6 is 0 Å². The molecule has 2 fully saturated rings. The Balaban J connectivity index is 1.48. The molecular formula is C26H30FN5O3. The van der Waals surface area contributed by atoms with E-state index < -0.39 is 22.6 Å². The van der Waals surface area contributed by atoms with Gasteiger partial charge in [0.1, 0.15) is 5.82 Å². The van der Waals surface area contributed by atoms with Gasteiger partial charge in [-0.3, -0.25) is 19.1 Å². The van der Waals surface area contributed by atoms with Crippen LogP contribution in [0, 0.1) is 12.7 Å². The Morgan fingerprint density at radius 2 is 1.86 bits per heavy atom. The van der Waals surface area contributed by atoms with Crippen LogP contribution in [0.4, 0.5) is 4.39 Å². The number of amides is 1. The largest absolute Gasteiger partial charge is 0.352 e. The first-order valence-corrected chi connectivity index (χ1v) is 12.1. The second-order valence-electron chi connectivity index (χ2n) is 10.1. The van der Waals surface area contributed by atoms with Crippen molar-refractivity contribution in [2.75, 3.05) is 14.1 Å². The summed E-state index contributed by atoms with van der Waals surface area (Å²) in [5, 5.41) is 3.25. The molecule has 8 nitrogen and oxygen atoms in total. The van der Waals surface area contributed by atoms with Gasteiger partial charge in [-0.1, -0.05) is 12.1 Å². The van der Waals surface area contributed by atoms with Crippen LogP contribution in [0.5, 0.6) is 0 Å². The summed E-state index contributed by atoms with van der Waals surface area (Å²) in [7, 11) is 3.85. The van der Waals surface area contributed by atoms with Crippen LogP contribution < -0.4 is 16.6 Å². The molecule has 9 heteroatoms. The average Bonchev–Trinajstić information content (AvgIpc) is 3.63. The Morgan fingerprint density at radius 3 is 2.49 bits per heavy atom. The van der Waals surface area contributed by atoms with Crippen LogP contribution in [0.15, 0.2) is 46.1 Å². The van der Waals surface area contributed by atoms with Crippen molar-refractivity contribution in [3.8, 4) is 5.69 Å². The van der Waals surface area contributed by atoms with E-state index in [1.54, 1.807) is 6.07 Å². The number of benzene rings is 1. The summed E-state index contributed by atoms with van der Waals surface area (Å²) in [6.45, 7) is 1.91. The number of carbonyl (C=O) groups is 1. The van der Waals surface area contributed by atoms with Gasteiger partial charge < -0.3 is 5.32 Å². The lowest BCUT2D eigenvalue weighted by Gasteiger charge is -2.32. The van der Waals surface area contributed by atoms with E-state index in [1.165, 1.54) is 9.13 Å². The van der Waals surface area contributed by atoms with Gasteiger partial charge in [-0.25, -0.2) is 18.7 Å². The summed E-state index contributed by atoms with van der Waals surface area (Å²) in [5.41, 5.74) is 0.256. The maximum absolute atomic E-state index is 14.1. The van der Waals surface area contributed by atoms with Crippen LogP contribution in [0.25, 0.3) is 16.7 Å². The third-order valence-corrected chi connectivity index (χ3v) is 7.55. The van der Waals surface area contributed by atoms with E-state index >= 15 is 0 Å². The molecule has 0 spiro atoms. The standard InChI is InChI=1S/C26H30FN5O3/c1-16-5-4-6-20(13-16)31-22-21(14-17(27)15-28-22)23(33)32(25(31)35)19-9-7-18(8-10-19)29-24(34)26(11-12-26)30(2)3/h4-6,13-15,18-19H,7-12H2,1-3H3,(H,29,34). The minimum absolute atomic E-state index is 0.00504. The van der Waals surface area contributed by atoms with Crippen LogP contribution in [-0.4, -0.2) is 50.6 Å². The van der Waals surface area contributed by atoms with Crippen LogP contribution in [-0.2, 0) is 4.79 Å². The van der Waals surface area contributed by atoms with Gasteiger partial charge in [-0.15, -0.1) is 0 Å². The van der Waals surface area contributed by atoms with E-state index in [9.17, 15) is 18.8 Å². The Bertz CT molecular complexity index is 1410. The second-order valence-corrected chi connectivity index (χ2v) is 10.1. The summed E-state index contributed by atoms with van der Waals surface area (Å²) in [6, 6.07) is 8.17. The van der Waals surface area contributed by atoms with E-state index in [-0.39, 0.29) is 29.0 Å². The Kier molecular flexibility index (Phi) is 5.83. The molecule has 3 aromatic rings. The van der Waals surface area contributed by atoms with Crippen molar-refractivity contribution < 1.29 is 9.18 Å². The lowest BCUT2D eigenvalue weighted by molar-refractivity contribution is -0.128. The van der Waals surface area contributed by atoms with E-state index in [0.29, 0.717) is 31.4 Å². The van der Waals surface area contributed by atoms with Crippen molar-refractivity contribution in [2.45, 2.75) is 63.1 Å². The number of aromatic nitrogens is 3. The number of halogens is 1. The first-order chi connectivity index (χ1) is 16.7. The zero-order valence-electron chi connectivity index (χ0n) is 20.3. The van der Waals surface area contributed by atoms with Crippen LogP contribution in [0.1, 0.15) is 50.1 Å². The van der Waals surface area contributed by atoms with E-state index in [1.807, 2.05) is 44.1 Å². The monoisotopic (exact) mass is 479 g/mol. The Labute approximate surface area is 202 Å². The topological polar surface area (TPSA) is 89.2 Å². The van der Waals surface area contributed by atoms with Crippen molar-refractivity contribution >= 4 is 16.9 Å². The average molecular weight is 480 g/mol. The Hall–Kier alpha value is -3.33. The van der Waals surface area contributed by atoms with Crippen molar-refractivity contribution in [3.05, 3.63) is 68.7 Å². The molecule has 0 atom stereocenters. The molecule has 184 valence electrons. The fraction of sp³-hybridized carbons (Fsp3) is 0.462. The molecule has 1 amide bonds. The normalized spacial score (nSPS) is 21.3. The Morgan fingerprint density at radius 1 is 1.14 bits per heavy atom. The zero-order chi connectivity index (χ0) is 24.9. The third-order valence-electron chi connectivity index (χ3n) is 7.55. The summed E-state index contributed by atoms with van der Waals surface area (Å²) in [5.74, 6) is -0.575. The number of fused-ring (bicyclic) bond motifs is 1. The van der Waals surface area contributed by atoms with Crippen molar-refractivity contribution in [1.82, 2.24) is 24.3 Å². The first-order valence-electron chi connectivity index (χ1n) is 12.1. The maximum Gasteiger partial charge on any atom is 0.337 e. The highest BCUT2D eigenvalue weighted by Crippen LogP contribution is 2.40. The molecular weight excluding hydrogens is 449 g/mol. The second kappa shape index (κ2) is 8.71. The lowest BCUT2D eigenvalue weighted by Crippen LogP contribution is -2.50. The number of rotatable bonds is 5. The van der Waals surface area contributed by atoms with Crippen molar-refractivity contribution in [1.29, 1.82) is 0 Å². The molecule has 1 N–H and O–H groups in total. The molecule has 0 bridgehead atoms. The highest BCUT2D eigenvalue weighted by atomic mass is 19.1. The molecule has 2 heterocycles. The lowest BCUT2D eigenvalue weighted by atomic mass is 9.90. The van der Waals surface area contributed by atoms with Gasteiger partial charge in [-0.05, 0) is 83.3 Å². The predicted octanol–water partition coefficient (Wildman–Crippen LogP) is 2.69. The van der Waals surface area contributed by atoms with Crippen molar-refractivity contribution in [3.63, 3.8) is 0 Å². The SMILES string of the molecule is Cc1cccc(-n2c(=O)n(C3CCC(NC(=O)C4(N(C)C)CC4)CC3)c(=O)c3cc(F)cnc32)c1. The van der Waals surface area contributed by atoms with Gasteiger partial charge >= 0.3 is 5.69 Å². The third kappa shape index (κ3) is 4.07. The first kappa shape index (κ1) is 23.4. The number of carbonyl (C=O) groups excluding carboxylic acids is 1. The molecule has 0 radical (unpaired) electrons. The molecule has 0 aliphatic heterocycles. The molecule has 35 heavy (non-hydrogen) atoms. The fourth-order valence-electron chi connectivity index (χ4n) is 5.30. The molecule has 2 saturated carbocycles. The maximum atomic E-state index is 14.1. The molecule has 0 saturated heterocycles. The number of nitrogens with zero attached hydrogens (tertiary/aromatic N) is 4. The number of aryl methyl sites for hydroxylation is 1. The van der Waals surface area contributed by atoms with Crippen LogP contribution in [0.2, 0.25) is 0 Å². The van der Waals surface area contributed by atoms with Gasteiger partial charge in [0.05, 0.1) is 22.8 Å². The van der Waals surface area contributed by atoms with Gasteiger partial charge in [-0.2, -0.15) is 0 Å². The molecule has 1 aromatic carbocycles. The van der Waals surface area contributed by atoms with Gasteiger partial charge in [0.2, 0.25) is 5.91 Å². The quantitative estimate of drug-likeness (QED) is 0.608. The minimum atomic E-state index is -0.628. The highest BCUT2D eigenvalue weighted by Gasteiger charge is 2.52. The molecule has 2 aromatic heterocycles. The van der Waals surface area contributed by atoms with Crippen LogP contribution in [0.3, 0.4) is 0 Å². The predicted molar refractivity (Wildman–Crippen MR) is 131 cm³/mol. The fourth-order valence-corrected chi connectivity index (χ4v) is 5.30. The van der Waals surface area contributed by atoms with E-state index in [2.05, 4.69) is 10.3 Å². The van der Waals surface area contributed by atoms with Gasteiger partial charge in [0, 0.05) is 12.1 Å². The number of nitrogens with one attached hydrogen (secondary N) is 1. The highest BCUT2D eigenvalue weighted by molar-refractivity contribution is 5.89. The minimum Gasteiger partial charge on any atom is -0.352 e. The van der Waals surface area contributed by atoms with Crippen molar-refractivity contribution in [2.24, 2.45) is 0 Å². The molecule has 0 unspecified atom stereocenters. The smallest absolute Gasteiger partial charge is 0.337 e. The number of pyridine rings is 1. The number of hydrogen-bond donors (Lipinski definition) is 1. The van der Waals surface area contributed by atoms with Gasteiger partial charge in [0.25, 0.3) is 5.56 Å². The van der Waals surface area contributed by atoms with E-state index in [0.717, 1.165) is 30.7 Å². The summed E-state index contributed by atoms with van der Waals surface area (Å²) in [6.07, 6.45) is 5.19. The van der Waals surface area contributed by atoms with Gasteiger partial charge in [0.15, 0.2) is 5.65 Å².